The highest BCUT2D eigenvalue weighted by atomic mass is 35.5. The first-order valence-electron chi connectivity index (χ1n) is 12.6. The molecule has 4 aromatic rings. The van der Waals surface area contributed by atoms with E-state index in [1.807, 2.05) is 13.8 Å². The lowest BCUT2D eigenvalue weighted by Crippen LogP contribution is -2.25. The Labute approximate surface area is 251 Å². The van der Waals surface area contributed by atoms with Gasteiger partial charge in [0, 0.05) is 29.8 Å². The van der Waals surface area contributed by atoms with Crippen molar-refractivity contribution in [3.8, 4) is 5.75 Å². The van der Waals surface area contributed by atoms with Gasteiger partial charge in [0.25, 0.3) is 5.91 Å². The van der Waals surface area contributed by atoms with Crippen LogP contribution in [0.15, 0.2) is 60.7 Å². The molecule has 0 fully saturated rings. The van der Waals surface area contributed by atoms with Crippen LogP contribution in [-0.2, 0) is 22.2 Å². The fraction of sp³-hybridized carbons (Fsp3) is 0.172. The summed E-state index contributed by atoms with van der Waals surface area (Å²) in [6, 6.07) is 9.93. The van der Waals surface area contributed by atoms with Gasteiger partial charge in [-0.05, 0) is 56.3 Å². The molecule has 15 heteroatoms. The number of carboxylic acids is 2. The van der Waals surface area contributed by atoms with E-state index in [2.05, 4.69) is 20.6 Å². The van der Waals surface area contributed by atoms with Gasteiger partial charge in [-0.1, -0.05) is 17.7 Å². The van der Waals surface area contributed by atoms with Crippen LogP contribution >= 0.6 is 11.6 Å². The number of hydrogen-bond donors (Lipinski definition) is 5. The van der Waals surface area contributed by atoms with E-state index in [4.69, 9.17) is 26.6 Å². The maximum Gasteiger partial charge on any atom is 0.416 e. The number of aromatic amines is 1. The van der Waals surface area contributed by atoms with E-state index in [0.29, 0.717) is 40.9 Å². The molecule has 0 spiro atoms. The number of carbonyl (C=O) groups excluding carboxylic acids is 1. The molecule has 1 aromatic heterocycles. The molecule has 0 saturated carbocycles. The number of anilines is 3. The molecule has 1 amide bonds. The second-order valence-electron chi connectivity index (χ2n) is 10.0. The van der Waals surface area contributed by atoms with Crippen LogP contribution in [0.3, 0.4) is 0 Å². The van der Waals surface area contributed by atoms with Crippen molar-refractivity contribution in [1.82, 2.24) is 9.97 Å². The third-order valence-electron chi connectivity index (χ3n) is 6.10. The third-order valence-corrected chi connectivity index (χ3v) is 6.42. The highest BCUT2D eigenvalue weighted by Gasteiger charge is 2.36. The monoisotopic (exact) mass is 634 g/mol. The molecule has 1 aliphatic heterocycles. The summed E-state index contributed by atoms with van der Waals surface area (Å²) >= 11 is 6.11. The number of imidazole rings is 1. The number of nitrogens with zero attached hydrogens (tertiary/aromatic N) is 1. The number of para-hydroxylation sites is 1. The predicted octanol–water partition coefficient (Wildman–Crippen LogP) is 6.80. The van der Waals surface area contributed by atoms with E-state index < -0.39 is 41.0 Å². The predicted molar refractivity (Wildman–Crippen MR) is 153 cm³/mol. The van der Waals surface area contributed by atoms with Crippen LogP contribution in [0.2, 0.25) is 5.02 Å². The van der Waals surface area contributed by atoms with Gasteiger partial charge in [-0.2, -0.15) is 13.2 Å². The van der Waals surface area contributed by atoms with Gasteiger partial charge in [0.05, 0.1) is 32.9 Å². The summed E-state index contributed by atoms with van der Waals surface area (Å²) in [7, 11) is 0. The van der Waals surface area contributed by atoms with Gasteiger partial charge in [0.15, 0.2) is 0 Å². The van der Waals surface area contributed by atoms with Crippen LogP contribution in [0.4, 0.5) is 34.9 Å². The molecule has 1 aliphatic rings. The molecule has 0 unspecified atom stereocenters. The van der Waals surface area contributed by atoms with Gasteiger partial charge in [0.1, 0.15) is 17.2 Å². The molecule has 2 heterocycles. The van der Waals surface area contributed by atoms with Gasteiger partial charge in [-0.15, -0.1) is 0 Å². The van der Waals surface area contributed by atoms with Gasteiger partial charge in [-0.25, -0.2) is 19.0 Å². The number of H-pyrrole nitrogens is 1. The molecule has 230 valence electrons. The highest BCUT2D eigenvalue weighted by molar-refractivity contribution is 6.33. The Bertz CT molecular complexity index is 1750. The first kappa shape index (κ1) is 31.8. The lowest BCUT2D eigenvalue weighted by atomic mass is 9.98. The topological polar surface area (TPSA) is 154 Å². The zero-order valence-electron chi connectivity index (χ0n) is 22.8. The third kappa shape index (κ3) is 7.45. The first-order chi connectivity index (χ1) is 20.5. The molecule has 5 rings (SSSR count). The molecule has 0 aliphatic carbocycles. The average molecular weight is 635 g/mol. The lowest BCUT2D eigenvalue weighted by molar-refractivity contribution is -0.137. The minimum Gasteiger partial charge on any atom is -0.486 e. The standard InChI is InChI=1S/C25H19ClF4N4O2.C4H4O4/c1-24(2)11-15-19-18(32-23(33-19)34-20-16(26)4-3-5-17(20)27)10-14(21(15)36-24)22(35)31-13-8-6-12(7-9-13)25(28,29)30;5-3(6)1-2-4(7)8/h3-10H,11H2,1-2H3,(H,31,35)(H2,32,33,34);1-2H,(H,5,6)(H,7,8)/b;2-1+. The van der Waals surface area contributed by atoms with E-state index in [-0.39, 0.29) is 27.9 Å². The normalized spacial score (nSPS) is 13.5. The highest BCUT2D eigenvalue weighted by Crippen LogP contribution is 2.43. The largest absolute Gasteiger partial charge is 0.486 e. The number of aromatic nitrogens is 2. The Kier molecular flexibility index (Phi) is 8.86. The number of carbonyl (C=O) groups is 3. The maximum absolute atomic E-state index is 14.3. The number of fused-ring (bicyclic) bond motifs is 3. The van der Waals surface area contributed by atoms with Crippen molar-refractivity contribution in [2.75, 3.05) is 10.6 Å². The summed E-state index contributed by atoms with van der Waals surface area (Å²) < 4.78 is 58.9. The van der Waals surface area contributed by atoms with Crippen molar-refractivity contribution in [1.29, 1.82) is 0 Å². The average Bonchev–Trinajstić information content (AvgIpc) is 3.48. The number of nitrogens with one attached hydrogen (secondary N) is 3. The van der Waals surface area contributed by atoms with Crippen LogP contribution in [0.5, 0.6) is 5.75 Å². The molecule has 0 saturated heterocycles. The Morgan fingerprint density at radius 3 is 2.27 bits per heavy atom. The van der Waals surface area contributed by atoms with Crippen molar-refractivity contribution in [2.45, 2.75) is 32.0 Å². The fourth-order valence-corrected chi connectivity index (χ4v) is 4.48. The summed E-state index contributed by atoms with van der Waals surface area (Å²) in [4.78, 5) is 39.8. The van der Waals surface area contributed by atoms with E-state index >= 15 is 0 Å². The first-order valence-corrected chi connectivity index (χ1v) is 13.0. The smallest absolute Gasteiger partial charge is 0.416 e. The van der Waals surface area contributed by atoms with Gasteiger partial charge in [0.2, 0.25) is 5.95 Å². The number of benzene rings is 3. The van der Waals surface area contributed by atoms with Crippen LogP contribution in [0, 0.1) is 5.82 Å². The number of rotatable bonds is 6. The minimum absolute atomic E-state index is 0.0479. The van der Waals surface area contributed by atoms with Crippen molar-refractivity contribution in [3.63, 3.8) is 0 Å². The van der Waals surface area contributed by atoms with E-state index in [9.17, 15) is 31.9 Å². The van der Waals surface area contributed by atoms with E-state index in [0.717, 1.165) is 12.1 Å². The van der Waals surface area contributed by atoms with E-state index in [1.54, 1.807) is 0 Å². The van der Waals surface area contributed by atoms with Crippen molar-refractivity contribution < 1.29 is 46.9 Å². The molecule has 3 aromatic carbocycles. The summed E-state index contributed by atoms with van der Waals surface area (Å²) in [6.07, 6.45) is -2.90. The second-order valence-corrected chi connectivity index (χ2v) is 10.4. The Morgan fingerprint density at radius 2 is 1.70 bits per heavy atom. The SMILES string of the molecule is CC1(C)Cc2c(c(C(=O)Nc3ccc(C(F)(F)F)cc3)cc3nc(Nc4c(F)cccc4Cl)[nH]c23)O1.O=C(O)/C=C/C(=O)O. The van der Waals surface area contributed by atoms with Crippen LogP contribution in [0.1, 0.15) is 35.3 Å². The van der Waals surface area contributed by atoms with Gasteiger partial charge in [-0.3, -0.25) is 4.79 Å². The van der Waals surface area contributed by atoms with Crippen molar-refractivity contribution in [2.24, 2.45) is 0 Å². The zero-order valence-corrected chi connectivity index (χ0v) is 23.6. The number of ether oxygens (including phenoxy) is 1. The number of amides is 1. The molecule has 0 radical (unpaired) electrons. The summed E-state index contributed by atoms with van der Waals surface area (Å²) in [5.74, 6) is -3.09. The number of halogens is 5. The molecule has 0 bridgehead atoms. The van der Waals surface area contributed by atoms with E-state index in [1.165, 1.54) is 36.4 Å². The van der Waals surface area contributed by atoms with Crippen LogP contribution < -0.4 is 15.4 Å². The number of aliphatic carboxylic acids is 2. The lowest BCUT2D eigenvalue weighted by Gasteiger charge is -2.18. The molecule has 0 atom stereocenters. The zero-order chi connectivity index (χ0) is 32.4. The summed E-state index contributed by atoms with van der Waals surface area (Å²) in [5, 5.41) is 21.2. The fourth-order valence-electron chi connectivity index (χ4n) is 4.27. The second kappa shape index (κ2) is 12.2. The number of alkyl halides is 3. The molecular formula is C29H23ClF4N4O6. The Balaban J connectivity index is 0.000000488. The van der Waals surface area contributed by atoms with Crippen molar-refractivity contribution >= 4 is 57.8 Å². The summed E-state index contributed by atoms with van der Waals surface area (Å²) in [6.45, 7) is 3.73. The van der Waals surface area contributed by atoms with Crippen LogP contribution in [0.25, 0.3) is 11.0 Å². The molecule has 10 nitrogen and oxygen atoms in total. The number of carboxylic acid groups (broad SMARTS) is 2. The molecular weight excluding hydrogens is 612 g/mol. The molecule has 44 heavy (non-hydrogen) atoms. The molecule has 5 N–H and O–H groups in total. The Morgan fingerprint density at radius 1 is 1.07 bits per heavy atom. The van der Waals surface area contributed by atoms with Gasteiger partial charge >= 0.3 is 18.1 Å². The summed E-state index contributed by atoms with van der Waals surface area (Å²) in [5.41, 5.74) is 0.705. The quantitative estimate of drug-likeness (QED) is 0.115. The van der Waals surface area contributed by atoms with Gasteiger partial charge < -0.3 is 30.6 Å². The van der Waals surface area contributed by atoms with Crippen LogP contribution in [-0.4, -0.2) is 43.6 Å². The van der Waals surface area contributed by atoms with Crippen molar-refractivity contribution in [3.05, 3.63) is 88.2 Å². The number of hydrogen-bond acceptors (Lipinski definition) is 6. The Hall–Kier alpha value is -5.11. The maximum atomic E-state index is 14.3. The minimum atomic E-state index is -4.48.